The number of rotatable bonds is 5. The maximum absolute atomic E-state index is 12.7. The summed E-state index contributed by atoms with van der Waals surface area (Å²) in [5.74, 6) is -1.34. The Labute approximate surface area is 148 Å². The number of carbonyl (C=O) groups excluding carboxylic acids is 1. The minimum absolute atomic E-state index is 0.0525. The van der Waals surface area contributed by atoms with Crippen molar-refractivity contribution in [1.82, 2.24) is 4.98 Å². The lowest BCUT2D eigenvalue weighted by molar-refractivity contribution is -0.136. The van der Waals surface area contributed by atoms with Crippen molar-refractivity contribution in [3.8, 4) is 0 Å². The Balaban J connectivity index is 2.85. The van der Waals surface area contributed by atoms with E-state index in [1.165, 1.54) is 0 Å². The zero-order valence-corrected chi connectivity index (χ0v) is 15.5. The van der Waals surface area contributed by atoms with E-state index >= 15 is 0 Å². The number of aromatic nitrogens is 1. The molecule has 1 N–H and O–H groups in total. The molecular weight excluding hydrogens is 318 g/mol. The number of aliphatic carboxylic acids is 1. The molecule has 1 heterocycles. The van der Waals surface area contributed by atoms with Crippen LogP contribution in [-0.4, -0.2) is 28.6 Å². The van der Waals surface area contributed by atoms with E-state index in [1.54, 1.807) is 6.92 Å². The Morgan fingerprint density at radius 2 is 1.92 bits per heavy atom. The maximum Gasteiger partial charge on any atom is 0.340 e. The van der Waals surface area contributed by atoms with Crippen LogP contribution in [0.1, 0.15) is 61.3 Å². The van der Waals surface area contributed by atoms with Crippen LogP contribution in [0, 0.1) is 6.92 Å². The third-order valence-electron chi connectivity index (χ3n) is 4.03. The van der Waals surface area contributed by atoms with Crippen molar-refractivity contribution in [3.05, 3.63) is 40.6 Å². The van der Waals surface area contributed by atoms with Crippen LogP contribution < -0.4 is 0 Å². The van der Waals surface area contributed by atoms with Crippen molar-refractivity contribution >= 4 is 22.8 Å². The van der Waals surface area contributed by atoms with E-state index < -0.39 is 11.9 Å². The lowest BCUT2D eigenvalue weighted by atomic mass is 9.84. The summed E-state index contributed by atoms with van der Waals surface area (Å²) in [5.41, 5.74) is 3.18. The van der Waals surface area contributed by atoms with E-state index in [2.05, 4.69) is 0 Å². The van der Waals surface area contributed by atoms with Crippen LogP contribution in [0.3, 0.4) is 0 Å². The molecule has 0 spiro atoms. The molecule has 25 heavy (non-hydrogen) atoms. The van der Waals surface area contributed by atoms with Crippen LogP contribution in [0.2, 0.25) is 0 Å². The molecule has 0 aliphatic carbocycles. The first-order valence-electron chi connectivity index (χ1n) is 8.47. The predicted molar refractivity (Wildman–Crippen MR) is 97.1 cm³/mol. The molecule has 5 nitrogen and oxygen atoms in total. The SMILES string of the molecule is CCOC(=O)c1c(C(C)(C)C)nc2ccc(C)cc2c1CCC(=O)O. The number of esters is 1. The van der Waals surface area contributed by atoms with Gasteiger partial charge in [0.1, 0.15) is 0 Å². The molecule has 1 aromatic heterocycles. The monoisotopic (exact) mass is 343 g/mol. The summed E-state index contributed by atoms with van der Waals surface area (Å²) in [7, 11) is 0. The van der Waals surface area contributed by atoms with Gasteiger partial charge in [-0.1, -0.05) is 32.4 Å². The van der Waals surface area contributed by atoms with Gasteiger partial charge in [-0.15, -0.1) is 0 Å². The zero-order chi connectivity index (χ0) is 18.8. The van der Waals surface area contributed by atoms with Gasteiger partial charge in [0.25, 0.3) is 0 Å². The van der Waals surface area contributed by atoms with Crippen molar-refractivity contribution in [2.24, 2.45) is 0 Å². The Morgan fingerprint density at radius 1 is 1.24 bits per heavy atom. The standard InChI is InChI=1S/C20H25NO4/c1-6-25-19(24)17-13(8-10-16(22)23)14-11-12(2)7-9-15(14)21-18(17)20(3,4)5/h7,9,11H,6,8,10H2,1-5H3,(H,22,23). The molecule has 0 unspecified atom stereocenters. The highest BCUT2D eigenvalue weighted by molar-refractivity contribution is 5.99. The van der Waals surface area contributed by atoms with Crippen molar-refractivity contribution in [3.63, 3.8) is 0 Å². The molecule has 0 saturated carbocycles. The normalized spacial score (nSPS) is 11.6. The Hall–Kier alpha value is -2.43. The van der Waals surface area contributed by atoms with Crippen molar-refractivity contribution in [2.45, 2.75) is 52.9 Å². The first kappa shape index (κ1) is 18.9. The highest BCUT2D eigenvalue weighted by Crippen LogP contribution is 2.33. The van der Waals surface area contributed by atoms with Crippen LogP contribution in [0.5, 0.6) is 0 Å². The largest absolute Gasteiger partial charge is 0.481 e. The Morgan fingerprint density at radius 3 is 2.48 bits per heavy atom. The van der Waals surface area contributed by atoms with E-state index in [1.807, 2.05) is 45.9 Å². The molecule has 0 aliphatic rings. The number of carboxylic acids is 1. The van der Waals surface area contributed by atoms with Gasteiger partial charge in [0.05, 0.1) is 23.4 Å². The average molecular weight is 343 g/mol. The highest BCUT2D eigenvalue weighted by Gasteiger charge is 2.29. The quantitative estimate of drug-likeness (QED) is 0.829. The molecule has 0 fully saturated rings. The van der Waals surface area contributed by atoms with Gasteiger partial charge in [-0.05, 0) is 38.0 Å². The molecule has 0 radical (unpaired) electrons. The van der Waals surface area contributed by atoms with Gasteiger partial charge in [-0.3, -0.25) is 9.78 Å². The van der Waals surface area contributed by atoms with Gasteiger partial charge >= 0.3 is 11.9 Å². The first-order valence-corrected chi connectivity index (χ1v) is 8.47. The minimum Gasteiger partial charge on any atom is -0.481 e. The summed E-state index contributed by atoms with van der Waals surface area (Å²) in [6, 6.07) is 5.83. The smallest absolute Gasteiger partial charge is 0.340 e. The molecule has 0 aliphatic heterocycles. The Kier molecular flexibility index (Phi) is 5.45. The number of nitrogens with zero attached hydrogens (tertiary/aromatic N) is 1. The molecule has 0 saturated heterocycles. The predicted octanol–water partition coefficient (Wildman–Crippen LogP) is 4.03. The summed E-state index contributed by atoms with van der Waals surface area (Å²) >= 11 is 0. The number of ether oxygens (including phenoxy) is 1. The van der Waals surface area contributed by atoms with Crippen LogP contribution in [0.4, 0.5) is 0 Å². The second-order valence-corrected chi connectivity index (χ2v) is 7.20. The molecule has 2 aromatic rings. The van der Waals surface area contributed by atoms with Crippen LogP contribution in [-0.2, 0) is 21.4 Å². The first-order chi connectivity index (χ1) is 11.6. The lowest BCUT2D eigenvalue weighted by Gasteiger charge is -2.24. The summed E-state index contributed by atoms with van der Waals surface area (Å²) in [5, 5.41) is 9.95. The number of hydrogen-bond donors (Lipinski definition) is 1. The number of fused-ring (bicyclic) bond motifs is 1. The summed E-state index contributed by atoms with van der Waals surface area (Å²) in [6.07, 6.45) is 0.206. The van der Waals surface area contributed by atoms with Gasteiger partial charge in [0.15, 0.2) is 0 Å². The second-order valence-electron chi connectivity index (χ2n) is 7.20. The zero-order valence-electron chi connectivity index (χ0n) is 15.5. The highest BCUT2D eigenvalue weighted by atomic mass is 16.5. The molecule has 0 amide bonds. The van der Waals surface area contributed by atoms with E-state index in [0.717, 1.165) is 16.5 Å². The fourth-order valence-electron chi connectivity index (χ4n) is 2.90. The van der Waals surface area contributed by atoms with E-state index in [0.29, 0.717) is 16.8 Å². The molecule has 1 aromatic carbocycles. The number of hydrogen-bond acceptors (Lipinski definition) is 4. The lowest BCUT2D eigenvalue weighted by Crippen LogP contribution is -2.23. The third-order valence-corrected chi connectivity index (χ3v) is 4.03. The van der Waals surface area contributed by atoms with Crippen LogP contribution >= 0.6 is 0 Å². The number of pyridine rings is 1. The second kappa shape index (κ2) is 7.21. The average Bonchev–Trinajstić information content (AvgIpc) is 2.50. The maximum atomic E-state index is 12.7. The van der Waals surface area contributed by atoms with E-state index in [-0.39, 0.29) is 24.9 Å². The number of carbonyl (C=O) groups is 2. The van der Waals surface area contributed by atoms with Gasteiger partial charge in [0.2, 0.25) is 0 Å². The van der Waals surface area contributed by atoms with Crippen LogP contribution in [0.25, 0.3) is 10.9 Å². The topological polar surface area (TPSA) is 76.5 Å². The van der Waals surface area contributed by atoms with Gasteiger partial charge < -0.3 is 9.84 Å². The Bertz CT molecular complexity index is 819. The third kappa shape index (κ3) is 4.16. The molecule has 5 heteroatoms. The molecular formula is C20H25NO4. The molecule has 134 valence electrons. The van der Waals surface area contributed by atoms with Gasteiger partial charge in [-0.25, -0.2) is 4.79 Å². The fraction of sp³-hybridized carbons (Fsp3) is 0.450. The van der Waals surface area contributed by atoms with Crippen molar-refractivity contribution in [1.29, 1.82) is 0 Å². The van der Waals surface area contributed by atoms with E-state index in [4.69, 9.17) is 14.8 Å². The summed E-state index contributed by atoms with van der Waals surface area (Å²) in [6.45, 7) is 9.93. The van der Waals surface area contributed by atoms with Crippen molar-refractivity contribution < 1.29 is 19.4 Å². The fourth-order valence-corrected chi connectivity index (χ4v) is 2.90. The van der Waals surface area contributed by atoms with E-state index in [9.17, 15) is 9.59 Å². The van der Waals surface area contributed by atoms with Crippen molar-refractivity contribution in [2.75, 3.05) is 6.61 Å². The summed E-state index contributed by atoms with van der Waals surface area (Å²) in [4.78, 5) is 28.6. The van der Waals surface area contributed by atoms with Gasteiger partial charge in [-0.2, -0.15) is 0 Å². The van der Waals surface area contributed by atoms with Crippen LogP contribution in [0.15, 0.2) is 18.2 Å². The summed E-state index contributed by atoms with van der Waals surface area (Å²) < 4.78 is 5.26. The number of carboxylic acid groups (broad SMARTS) is 1. The molecule has 0 bridgehead atoms. The number of aryl methyl sites for hydroxylation is 2. The minimum atomic E-state index is -0.898. The van der Waals surface area contributed by atoms with Gasteiger partial charge in [0, 0.05) is 17.2 Å². The molecule has 0 atom stereocenters. The molecule has 2 rings (SSSR count). The number of benzene rings is 1.